The first-order valence-electron chi connectivity index (χ1n) is 7.84. The maximum atomic E-state index is 12.4. The molecule has 0 spiro atoms. The summed E-state index contributed by atoms with van der Waals surface area (Å²) in [6, 6.07) is 6.91. The third-order valence-corrected chi connectivity index (χ3v) is 4.38. The highest BCUT2D eigenvalue weighted by Crippen LogP contribution is 2.27. The number of urea groups is 1. The van der Waals surface area contributed by atoms with Crippen LogP contribution in [-0.4, -0.2) is 39.6 Å². The summed E-state index contributed by atoms with van der Waals surface area (Å²) in [4.78, 5) is 28.6. The summed E-state index contributed by atoms with van der Waals surface area (Å²) in [5.74, 6) is -1.17. The van der Waals surface area contributed by atoms with Crippen LogP contribution in [0.2, 0.25) is 0 Å². The summed E-state index contributed by atoms with van der Waals surface area (Å²) in [5, 5.41) is 13.0. The van der Waals surface area contributed by atoms with Gasteiger partial charge in [-0.3, -0.25) is 0 Å². The predicted octanol–water partition coefficient (Wildman–Crippen LogP) is 2.34. The summed E-state index contributed by atoms with van der Waals surface area (Å²) >= 11 is 0. The van der Waals surface area contributed by atoms with Gasteiger partial charge in [0.2, 0.25) is 0 Å². The number of benzene rings is 1. The molecule has 0 bridgehead atoms. The van der Waals surface area contributed by atoms with Crippen LogP contribution in [0.4, 0.5) is 4.79 Å². The fraction of sp³-hybridized carbons (Fsp3) is 0.412. The quantitative estimate of drug-likeness (QED) is 0.812. The Balaban J connectivity index is 1.76. The molecule has 0 saturated heterocycles. The fourth-order valence-electron chi connectivity index (χ4n) is 3.10. The third-order valence-electron chi connectivity index (χ3n) is 4.38. The van der Waals surface area contributed by atoms with Crippen LogP contribution in [-0.2, 0) is 17.8 Å². The average molecular weight is 315 g/mol. The summed E-state index contributed by atoms with van der Waals surface area (Å²) in [7, 11) is 0. The number of H-pyrrole nitrogens is 1. The van der Waals surface area contributed by atoms with Gasteiger partial charge in [0.05, 0.1) is 6.54 Å². The van der Waals surface area contributed by atoms with Crippen molar-refractivity contribution < 1.29 is 14.7 Å². The van der Waals surface area contributed by atoms with Gasteiger partial charge in [0.25, 0.3) is 0 Å². The predicted molar refractivity (Wildman–Crippen MR) is 87.2 cm³/mol. The summed E-state index contributed by atoms with van der Waals surface area (Å²) in [6.45, 7) is 4.63. The number of hydrogen-bond donors (Lipinski definition) is 3. The highest BCUT2D eigenvalue weighted by Gasteiger charge is 2.28. The van der Waals surface area contributed by atoms with Crippen LogP contribution in [0.3, 0.4) is 0 Å². The van der Waals surface area contributed by atoms with Crippen LogP contribution in [0.5, 0.6) is 0 Å². The third kappa shape index (κ3) is 2.88. The monoisotopic (exact) mass is 315 g/mol. The molecule has 1 aliphatic heterocycles. The minimum absolute atomic E-state index is 0.162. The number of carboxylic acids is 1. The number of aromatic nitrogens is 1. The maximum absolute atomic E-state index is 12.4. The molecule has 1 aliphatic rings. The van der Waals surface area contributed by atoms with Crippen molar-refractivity contribution in [3.8, 4) is 0 Å². The van der Waals surface area contributed by atoms with Gasteiger partial charge in [0.15, 0.2) is 0 Å². The molecule has 0 saturated carbocycles. The van der Waals surface area contributed by atoms with Gasteiger partial charge < -0.3 is 20.3 Å². The zero-order valence-corrected chi connectivity index (χ0v) is 13.3. The van der Waals surface area contributed by atoms with Crippen LogP contribution in [0.15, 0.2) is 24.3 Å². The topological polar surface area (TPSA) is 85.4 Å². The van der Waals surface area contributed by atoms with Crippen LogP contribution in [0.1, 0.15) is 25.1 Å². The zero-order chi connectivity index (χ0) is 16.6. The number of aliphatic carboxylic acids is 1. The van der Waals surface area contributed by atoms with Gasteiger partial charge in [-0.1, -0.05) is 32.0 Å². The number of aromatic amines is 1. The molecular weight excluding hydrogens is 294 g/mol. The zero-order valence-electron chi connectivity index (χ0n) is 13.3. The number of carboxylic acid groups (broad SMARTS) is 1. The van der Waals surface area contributed by atoms with E-state index in [9.17, 15) is 14.7 Å². The Bertz CT molecular complexity index is 751. The van der Waals surface area contributed by atoms with E-state index in [1.54, 1.807) is 18.7 Å². The first-order valence-corrected chi connectivity index (χ1v) is 7.84. The van der Waals surface area contributed by atoms with Gasteiger partial charge >= 0.3 is 12.0 Å². The molecule has 2 aromatic rings. The van der Waals surface area contributed by atoms with Crippen molar-refractivity contribution in [2.24, 2.45) is 5.92 Å². The van der Waals surface area contributed by atoms with Crippen molar-refractivity contribution in [1.29, 1.82) is 0 Å². The molecule has 1 atom stereocenters. The Morgan fingerprint density at radius 3 is 2.74 bits per heavy atom. The van der Waals surface area contributed by atoms with Gasteiger partial charge in [-0.25, -0.2) is 9.59 Å². The second-order valence-corrected chi connectivity index (χ2v) is 6.31. The summed E-state index contributed by atoms with van der Waals surface area (Å²) < 4.78 is 0. The molecule has 3 rings (SSSR count). The molecule has 122 valence electrons. The lowest BCUT2D eigenvalue weighted by Gasteiger charge is -2.29. The van der Waals surface area contributed by atoms with Crippen LogP contribution >= 0.6 is 0 Å². The number of nitrogens with one attached hydrogen (secondary N) is 2. The van der Waals surface area contributed by atoms with Crippen LogP contribution < -0.4 is 5.32 Å². The summed E-state index contributed by atoms with van der Waals surface area (Å²) in [6.07, 6.45) is 0.770. The van der Waals surface area contributed by atoms with E-state index < -0.39 is 12.0 Å². The number of fused-ring (bicyclic) bond motifs is 3. The van der Waals surface area contributed by atoms with Crippen molar-refractivity contribution in [3.05, 3.63) is 35.5 Å². The van der Waals surface area contributed by atoms with E-state index in [-0.39, 0.29) is 11.9 Å². The number of carbonyl (C=O) groups excluding carboxylic acids is 1. The number of hydrogen-bond acceptors (Lipinski definition) is 2. The lowest BCUT2D eigenvalue weighted by molar-refractivity contribution is -0.140. The van der Waals surface area contributed by atoms with Gasteiger partial charge in [-0.15, -0.1) is 0 Å². The Morgan fingerprint density at radius 1 is 1.30 bits per heavy atom. The Labute approximate surface area is 134 Å². The van der Waals surface area contributed by atoms with E-state index in [2.05, 4.69) is 16.4 Å². The number of para-hydroxylation sites is 1. The van der Waals surface area contributed by atoms with Crippen molar-refractivity contribution in [1.82, 2.24) is 15.2 Å². The maximum Gasteiger partial charge on any atom is 0.326 e. The number of rotatable bonds is 3. The van der Waals surface area contributed by atoms with Gasteiger partial charge in [-0.05, 0) is 24.0 Å². The second-order valence-electron chi connectivity index (χ2n) is 6.31. The molecule has 2 amide bonds. The van der Waals surface area contributed by atoms with Gasteiger partial charge in [0.1, 0.15) is 6.04 Å². The summed E-state index contributed by atoms with van der Waals surface area (Å²) in [5.41, 5.74) is 3.36. The minimum atomic E-state index is -1.00. The van der Waals surface area contributed by atoms with Crippen molar-refractivity contribution in [2.75, 3.05) is 6.54 Å². The largest absolute Gasteiger partial charge is 0.480 e. The van der Waals surface area contributed by atoms with E-state index in [1.165, 1.54) is 10.9 Å². The molecular formula is C17H21N3O3. The first kappa shape index (κ1) is 15.4. The first-order chi connectivity index (χ1) is 11.0. The average Bonchev–Trinajstić information content (AvgIpc) is 2.89. The highest BCUT2D eigenvalue weighted by molar-refractivity contribution is 5.86. The number of nitrogens with zero attached hydrogens (tertiary/aromatic N) is 1. The normalized spacial score (nSPS) is 15.5. The van der Waals surface area contributed by atoms with Crippen molar-refractivity contribution >= 4 is 22.9 Å². The standard InChI is InChI=1S/C17H21N3O3/c1-10(2)15(16(21)22)19-17(23)20-8-7-12-11-5-3-4-6-13(11)18-14(12)9-20/h3-6,10,15,18H,7-9H2,1-2H3,(H,19,23)(H,21,22)/t15-/m0/s1. The Kier molecular flexibility index (Phi) is 3.98. The Hall–Kier alpha value is -2.50. The van der Waals surface area contributed by atoms with Gasteiger partial charge in [0, 0.05) is 23.1 Å². The molecule has 6 heteroatoms. The van der Waals surface area contributed by atoms with E-state index >= 15 is 0 Å². The molecule has 0 aliphatic carbocycles. The molecule has 2 heterocycles. The van der Waals surface area contributed by atoms with Gasteiger partial charge in [-0.2, -0.15) is 0 Å². The van der Waals surface area contributed by atoms with E-state index in [0.717, 1.165) is 17.6 Å². The second kappa shape index (κ2) is 5.95. The van der Waals surface area contributed by atoms with Crippen LogP contribution in [0.25, 0.3) is 10.9 Å². The van der Waals surface area contributed by atoms with E-state index in [1.807, 2.05) is 18.2 Å². The highest BCUT2D eigenvalue weighted by atomic mass is 16.4. The number of carbonyl (C=O) groups is 2. The van der Waals surface area contributed by atoms with E-state index in [0.29, 0.717) is 13.1 Å². The molecule has 6 nitrogen and oxygen atoms in total. The lowest BCUT2D eigenvalue weighted by Crippen LogP contribution is -2.51. The molecule has 23 heavy (non-hydrogen) atoms. The molecule has 3 N–H and O–H groups in total. The Morgan fingerprint density at radius 2 is 2.04 bits per heavy atom. The van der Waals surface area contributed by atoms with Crippen molar-refractivity contribution in [2.45, 2.75) is 32.9 Å². The van der Waals surface area contributed by atoms with Crippen LogP contribution in [0, 0.1) is 5.92 Å². The fourth-order valence-corrected chi connectivity index (χ4v) is 3.10. The minimum Gasteiger partial charge on any atom is -0.480 e. The lowest BCUT2D eigenvalue weighted by atomic mass is 10.0. The molecule has 0 fully saturated rings. The molecule has 0 unspecified atom stereocenters. The molecule has 1 aromatic carbocycles. The SMILES string of the molecule is CC(C)[C@H](NC(=O)N1CCc2c([nH]c3ccccc23)C1)C(=O)O. The molecule has 1 aromatic heterocycles. The smallest absolute Gasteiger partial charge is 0.326 e. The van der Waals surface area contributed by atoms with Crippen molar-refractivity contribution in [3.63, 3.8) is 0 Å². The molecule has 0 radical (unpaired) electrons. The number of amides is 2. The van der Waals surface area contributed by atoms with E-state index in [4.69, 9.17) is 0 Å².